The summed E-state index contributed by atoms with van der Waals surface area (Å²) in [6.45, 7) is 3.48. The number of amides is 1. The van der Waals surface area contributed by atoms with Crippen molar-refractivity contribution in [3.8, 4) is 0 Å². The van der Waals surface area contributed by atoms with Crippen molar-refractivity contribution in [2.75, 3.05) is 29.1 Å². The van der Waals surface area contributed by atoms with Crippen LogP contribution < -0.4 is 21.7 Å². The van der Waals surface area contributed by atoms with Gasteiger partial charge in [0.1, 0.15) is 10.8 Å². The topological polar surface area (TPSA) is 138 Å². The number of aromatic nitrogens is 2. The molecule has 6 N–H and O–H groups in total. The summed E-state index contributed by atoms with van der Waals surface area (Å²) in [7, 11) is 0. The third kappa shape index (κ3) is 6.55. The van der Waals surface area contributed by atoms with Crippen molar-refractivity contribution in [1.29, 1.82) is 0 Å². The fourth-order valence-corrected chi connectivity index (χ4v) is 2.14. The van der Waals surface area contributed by atoms with Crippen LogP contribution in [0.2, 0.25) is 5.02 Å². The molecule has 152 valence electrons. The molecule has 0 saturated heterocycles. The highest BCUT2D eigenvalue weighted by molar-refractivity contribution is 6.32. The normalized spacial score (nSPS) is 11.3. The molecule has 1 aromatic carbocycles. The summed E-state index contributed by atoms with van der Waals surface area (Å²) in [5.74, 6) is -0.762. The van der Waals surface area contributed by atoms with Crippen LogP contribution in [0.3, 0.4) is 0 Å². The lowest BCUT2D eigenvalue weighted by atomic mass is 10.2. The summed E-state index contributed by atoms with van der Waals surface area (Å²) in [5.41, 5.74) is 6.29. The lowest BCUT2D eigenvalue weighted by Gasteiger charge is -2.12. The largest absolute Gasteiger partial charge is 0.403 e. The van der Waals surface area contributed by atoms with E-state index in [0.29, 0.717) is 11.4 Å². The number of benzene rings is 1. The van der Waals surface area contributed by atoms with Crippen LogP contribution >= 0.6 is 11.6 Å². The van der Waals surface area contributed by atoms with E-state index < -0.39 is 11.7 Å². The molecule has 9 nitrogen and oxygen atoms in total. The van der Waals surface area contributed by atoms with Gasteiger partial charge in [0.05, 0.1) is 30.7 Å². The quantitative estimate of drug-likeness (QED) is 0.311. The first kappa shape index (κ1) is 21.8. The maximum atomic E-state index is 14.2. The fraction of sp³-hybridized carbons (Fsp3) is 0.111. The monoisotopic (exact) mass is 419 g/mol. The van der Waals surface area contributed by atoms with E-state index in [-0.39, 0.29) is 35.6 Å². The minimum Gasteiger partial charge on any atom is -0.403 e. The van der Waals surface area contributed by atoms with Crippen LogP contribution in [0.4, 0.5) is 27.5 Å². The minimum absolute atomic E-state index is 0.0394. The summed E-state index contributed by atoms with van der Waals surface area (Å²) in [6, 6.07) is 3.97. The number of hydrogen-bond donors (Lipinski definition) is 5. The van der Waals surface area contributed by atoms with Gasteiger partial charge in [0.2, 0.25) is 11.9 Å². The van der Waals surface area contributed by atoms with E-state index in [1.54, 1.807) is 0 Å². The van der Waals surface area contributed by atoms with Gasteiger partial charge in [0.25, 0.3) is 0 Å². The molecular weight excluding hydrogens is 401 g/mol. The Labute approximate surface area is 171 Å². The van der Waals surface area contributed by atoms with Gasteiger partial charge in [-0.25, -0.2) is 9.37 Å². The Hall–Kier alpha value is -3.50. The number of anilines is 4. The van der Waals surface area contributed by atoms with Crippen molar-refractivity contribution in [3.05, 3.63) is 59.8 Å². The molecular formula is C18H19ClFN7O2. The highest BCUT2D eigenvalue weighted by Crippen LogP contribution is 2.27. The van der Waals surface area contributed by atoms with Gasteiger partial charge >= 0.3 is 0 Å². The van der Waals surface area contributed by atoms with E-state index in [0.717, 1.165) is 6.08 Å². The fourth-order valence-electron chi connectivity index (χ4n) is 2.00. The van der Waals surface area contributed by atoms with E-state index in [4.69, 9.17) is 22.4 Å². The second kappa shape index (κ2) is 10.7. The van der Waals surface area contributed by atoms with Crippen molar-refractivity contribution in [1.82, 2.24) is 9.97 Å². The molecule has 1 heterocycles. The van der Waals surface area contributed by atoms with Gasteiger partial charge in [-0.15, -0.1) is 0 Å². The summed E-state index contributed by atoms with van der Waals surface area (Å²) in [4.78, 5) is 23.6. The molecule has 0 radical (unpaired) electrons. The van der Waals surface area contributed by atoms with Crippen LogP contribution in [-0.4, -0.2) is 40.3 Å². The number of nitrogens with zero attached hydrogens (tertiary/aromatic N) is 3. The number of halogens is 2. The molecule has 1 aromatic heterocycles. The highest BCUT2D eigenvalue weighted by atomic mass is 35.5. The van der Waals surface area contributed by atoms with E-state index in [1.807, 2.05) is 0 Å². The van der Waals surface area contributed by atoms with Gasteiger partial charge in [-0.3, -0.25) is 9.79 Å². The predicted octanol–water partition coefficient (Wildman–Crippen LogP) is 2.41. The van der Waals surface area contributed by atoms with Gasteiger partial charge in [-0.1, -0.05) is 18.2 Å². The zero-order valence-corrected chi connectivity index (χ0v) is 15.9. The maximum absolute atomic E-state index is 14.2. The number of rotatable bonds is 9. The molecule has 0 unspecified atom stereocenters. The van der Waals surface area contributed by atoms with Crippen LogP contribution in [0.1, 0.15) is 0 Å². The Morgan fingerprint density at radius 1 is 1.41 bits per heavy atom. The summed E-state index contributed by atoms with van der Waals surface area (Å²) >= 11 is 6.10. The standard InChI is InChI=1S/C18H19ClFN7O2/c1-2-16(29)24-11-3-4-14(20)15(7-11)26-17-13(19)10-23-18(27-17)25-12(8-21)9-22-5-6-28/h2-4,7-10,28H,1,5-6,21H2,(H,24,29)(H2,23,25,26,27)/b12-8+,22-9?. The molecule has 11 heteroatoms. The van der Waals surface area contributed by atoms with Gasteiger partial charge in [-0.05, 0) is 24.3 Å². The van der Waals surface area contributed by atoms with Crippen LogP contribution in [0.25, 0.3) is 0 Å². The van der Waals surface area contributed by atoms with Crippen molar-refractivity contribution in [2.45, 2.75) is 0 Å². The number of aliphatic hydroxyl groups excluding tert-OH is 1. The third-order valence-electron chi connectivity index (χ3n) is 3.31. The van der Waals surface area contributed by atoms with Gasteiger partial charge in [0.15, 0.2) is 5.82 Å². The molecule has 0 bridgehead atoms. The number of carbonyl (C=O) groups is 1. The molecule has 2 aromatic rings. The van der Waals surface area contributed by atoms with Crippen LogP contribution in [0, 0.1) is 5.82 Å². The zero-order valence-electron chi connectivity index (χ0n) is 15.2. The zero-order chi connectivity index (χ0) is 21.2. The van der Waals surface area contributed by atoms with Crippen molar-refractivity contribution >= 4 is 46.9 Å². The Morgan fingerprint density at radius 2 is 2.21 bits per heavy atom. The first-order chi connectivity index (χ1) is 14.0. The van der Waals surface area contributed by atoms with Crippen LogP contribution in [-0.2, 0) is 4.79 Å². The van der Waals surface area contributed by atoms with Gasteiger partial charge in [-0.2, -0.15) is 4.98 Å². The van der Waals surface area contributed by atoms with E-state index in [1.165, 1.54) is 36.8 Å². The Balaban J connectivity index is 2.23. The van der Waals surface area contributed by atoms with Crippen molar-refractivity contribution < 1.29 is 14.3 Å². The van der Waals surface area contributed by atoms with E-state index in [9.17, 15) is 9.18 Å². The third-order valence-corrected chi connectivity index (χ3v) is 3.59. The van der Waals surface area contributed by atoms with Crippen molar-refractivity contribution in [3.63, 3.8) is 0 Å². The number of nitrogens with one attached hydrogen (secondary N) is 3. The Bertz CT molecular complexity index is 950. The number of hydrogen-bond acceptors (Lipinski definition) is 8. The molecule has 0 aliphatic carbocycles. The smallest absolute Gasteiger partial charge is 0.247 e. The maximum Gasteiger partial charge on any atom is 0.247 e. The lowest BCUT2D eigenvalue weighted by Crippen LogP contribution is -2.09. The first-order valence-electron chi connectivity index (χ1n) is 8.29. The number of aliphatic imine (C=N–C) groups is 1. The average Bonchev–Trinajstić information content (AvgIpc) is 2.72. The van der Waals surface area contributed by atoms with E-state index >= 15 is 0 Å². The predicted molar refractivity (Wildman–Crippen MR) is 112 cm³/mol. The second-order valence-electron chi connectivity index (χ2n) is 5.41. The first-order valence-corrected chi connectivity index (χ1v) is 8.66. The van der Waals surface area contributed by atoms with Gasteiger partial charge in [0, 0.05) is 18.1 Å². The summed E-state index contributed by atoms with van der Waals surface area (Å²) < 4.78 is 14.2. The van der Waals surface area contributed by atoms with Gasteiger partial charge < -0.3 is 26.8 Å². The molecule has 0 fully saturated rings. The van der Waals surface area contributed by atoms with Crippen LogP contribution in [0.5, 0.6) is 0 Å². The molecule has 0 spiro atoms. The summed E-state index contributed by atoms with van der Waals surface area (Å²) in [6.07, 6.45) is 5.08. The van der Waals surface area contributed by atoms with E-state index in [2.05, 4.69) is 37.5 Å². The average molecular weight is 420 g/mol. The minimum atomic E-state index is -0.579. The number of nitrogens with two attached hydrogens (primary N) is 1. The number of aliphatic hydroxyl groups is 1. The molecule has 1 amide bonds. The summed E-state index contributed by atoms with van der Waals surface area (Å²) in [5, 5.41) is 17.0. The molecule has 0 saturated carbocycles. The Morgan fingerprint density at radius 3 is 2.90 bits per heavy atom. The van der Waals surface area contributed by atoms with Crippen molar-refractivity contribution in [2.24, 2.45) is 10.7 Å². The second-order valence-corrected chi connectivity index (χ2v) is 5.82. The molecule has 0 aliphatic heterocycles. The molecule has 0 atom stereocenters. The molecule has 2 rings (SSSR count). The lowest BCUT2D eigenvalue weighted by molar-refractivity contribution is -0.111. The Kier molecular flexibility index (Phi) is 8.07. The SMILES string of the molecule is C=CC(=O)Nc1ccc(F)c(Nc2nc(N/C(C=NCCO)=C/N)ncc2Cl)c1. The highest BCUT2D eigenvalue weighted by Gasteiger charge is 2.11. The number of carbonyl (C=O) groups excluding carboxylic acids is 1. The molecule has 29 heavy (non-hydrogen) atoms. The molecule has 0 aliphatic rings. The van der Waals surface area contributed by atoms with Crippen LogP contribution in [0.15, 0.2) is 53.9 Å². The number of allylic oxidation sites excluding steroid dienone is 1.